The van der Waals surface area contributed by atoms with E-state index in [4.69, 9.17) is 5.84 Å². The Morgan fingerprint density at radius 2 is 1.82 bits per heavy atom. The summed E-state index contributed by atoms with van der Waals surface area (Å²) < 4.78 is 0. The fourth-order valence-electron chi connectivity index (χ4n) is 2.21. The van der Waals surface area contributed by atoms with Gasteiger partial charge in [-0.1, -0.05) is 24.3 Å². The minimum absolute atomic E-state index is 0.693. The van der Waals surface area contributed by atoms with Gasteiger partial charge in [0.1, 0.15) is 5.82 Å². The normalized spacial score (nSPS) is 13.6. The Morgan fingerprint density at radius 1 is 1.12 bits per heavy atom. The third-order valence-electron chi connectivity index (χ3n) is 3.10. The van der Waals surface area contributed by atoms with E-state index < -0.39 is 0 Å². The zero-order valence-electron chi connectivity index (χ0n) is 9.43. The Labute approximate surface area is 100 Å². The van der Waals surface area contributed by atoms with Crippen LogP contribution in [0.3, 0.4) is 0 Å². The maximum atomic E-state index is 5.37. The van der Waals surface area contributed by atoms with Crippen molar-refractivity contribution in [1.82, 2.24) is 4.98 Å². The van der Waals surface area contributed by atoms with Gasteiger partial charge in [0.25, 0.3) is 0 Å². The number of fused-ring (bicyclic) bond motifs is 1. The van der Waals surface area contributed by atoms with E-state index in [0.717, 1.165) is 18.8 Å². The molecule has 0 amide bonds. The molecule has 0 spiro atoms. The number of pyridine rings is 1. The van der Waals surface area contributed by atoms with Gasteiger partial charge in [-0.25, -0.2) is 10.8 Å². The monoisotopic (exact) mass is 226 g/mol. The maximum absolute atomic E-state index is 5.37. The third-order valence-corrected chi connectivity index (χ3v) is 3.10. The van der Waals surface area contributed by atoms with Gasteiger partial charge in [0.15, 0.2) is 0 Å². The Balaban J connectivity index is 1.88. The highest BCUT2D eigenvalue weighted by atomic mass is 15.3. The molecule has 86 valence electrons. The highest BCUT2D eigenvalue weighted by molar-refractivity contribution is 5.56. The summed E-state index contributed by atoms with van der Waals surface area (Å²) in [5.41, 5.74) is 6.51. The number of nitrogens with zero attached hydrogens (tertiary/aromatic N) is 2. The molecule has 1 aromatic heterocycles. The second kappa shape index (κ2) is 4.07. The third kappa shape index (κ3) is 1.83. The first kappa shape index (κ1) is 10.1. The molecule has 1 aliphatic heterocycles. The molecular weight excluding hydrogens is 212 g/mol. The van der Waals surface area contributed by atoms with Crippen molar-refractivity contribution < 1.29 is 0 Å². The molecule has 0 fully saturated rings. The number of anilines is 2. The highest BCUT2D eigenvalue weighted by Gasteiger charge is 2.18. The van der Waals surface area contributed by atoms with Crippen LogP contribution in [-0.4, -0.2) is 4.98 Å². The largest absolute Gasteiger partial charge is 0.363 e. The lowest BCUT2D eigenvalue weighted by atomic mass is 10.1. The van der Waals surface area contributed by atoms with Gasteiger partial charge in [-0.05, 0) is 17.2 Å². The van der Waals surface area contributed by atoms with Gasteiger partial charge in [-0.3, -0.25) is 0 Å². The van der Waals surface area contributed by atoms with Crippen LogP contribution in [0.2, 0.25) is 0 Å². The predicted octanol–water partition coefficient (Wildman–Crippen LogP) is 1.89. The maximum Gasteiger partial charge on any atom is 0.141 e. The average molecular weight is 226 g/mol. The van der Waals surface area contributed by atoms with Crippen molar-refractivity contribution in [1.29, 1.82) is 0 Å². The van der Waals surface area contributed by atoms with Gasteiger partial charge in [0.05, 0.1) is 0 Å². The van der Waals surface area contributed by atoms with Crippen molar-refractivity contribution in [3.8, 4) is 0 Å². The molecule has 1 aliphatic rings. The first-order valence-corrected chi connectivity index (χ1v) is 5.61. The lowest BCUT2D eigenvalue weighted by Gasteiger charge is -2.18. The van der Waals surface area contributed by atoms with Gasteiger partial charge in [-0.2, -0.15) is 0 Å². The first-order valence-electron chi connectivity index (χ1n) is 5.61. The minimum Gasteiger partial charge on any atom is -0.363 e. The molecule has 3 N–H and O–H groups in total. The number of benzene rings is 1. The van der Waals surface area contributed by atoms with Crippen molar-refractivity contribution in [2.75, 3.05) is 10.3 Å². The van der Waals surface area contributed by atoms with Gasteiger partial charge in [-0.15, -0.1) is 0 Å². The van der Waals surface area contributed by atoms with E-state index in [-0.39, 0.29) is 0 Å². The summed E-state index contributed by atoms with van der Waals surface area (Å²) in [7, 11) is 0. The van der Waals surface area contributed by atoms with E-state index in [9.17, 15) is 0 Å². The van der Waals surface area contributed by atoms with Gasteiger partial charge < -0.3 is 10.3 Å². The van der Waals surface area contributed by atoms with E-state index in [1.54, 1.807) is 6.20 Å². The molecule has 0 saturated carbocycles. The summed E-state index contributed by atoms with van der Waals surface area (Å²) in [5.74, 6) is 6.06. The molecule has 4 heteroatoms. The molecule has 0 radical (unpaired) electrons. The van der Waals surface area contributed by atoms with Crippen molar-refractivity contribution >= 4 is 11.5 Å². The van der Waals surface area contributed by atoms with Crippen molar-refractivity contribution in [3.05, 3.63) is 53.7 Å². The molecule has 0 saturated heterocycles. The first-order chi connectivity index (χ1) is 8.36. The molecule has 0 atom stereocenters. The summed E-state index contributed by atoms with van der Waals surface area (Å²) in [6.07, 6.45) is 1.77. The smallest absolute Gasteiger partial charge is 0.141 e. The van der Waals surface area contributed by atoms with Crippen LogP contribution in [0.15, 0.2) is 42.6 Å². The van der Waals surface area contributed by atoms with Crippen LogP contribution < -0.4 is 16.2 Å². The number of nitrogens with one attached hydrogen (secondary N) is 1. The highest BCUT2D eigenvalue weighted by Crippen LogP contribution is 2.28. The number of hydrazine groups is 1. The summed E-state index contributed by atoms with van der Waals surface area (Å²) >= 11 is 0. The van der Waals surface area contributed by atoms with Crippen LogP contribution in [0.5, 0.6) is 0 Å². The van der Waals surface area contributed by atoms with Crippen LogP contribution in [0.25, 0.3) is 0 Å². The standard InChI is InChI=1S/C13H14N4/c14-16-13-7-12(5-6-15-13)17-8-10-3-1-2-4-11(10)9-17/h1-7H,8-9,14H2,(H,15,16). The second-order valence-corrected chi connectivity index (χ2v) is 4.17. The Bertz CT molecular complexity index is 513. The van der Waals surface area contributed by atoms with Crippen LogP contribution in [0.1, 0.15) is 11.1 Å². The topological polar surface area (TPSA) is 54.2 Å². The molecule has 0 bridgehead atoms. The quantitative estimate of drug-likeness (QED) is 0.606. The Hall–Kier alpha value is -2.07. The summed E-state index contributed by atoms with van der Waals surface area (Å²) in [6.45, 7) is 1.90. The number of nitrogens with two attached hydrogens (primary N) is 1. The van der Waals surface area contributed by atoms with Gasteiger partial charge in [0.2, 0.25) is 0 Å². The molecule has 2 aromatic rings. The van der Waals surface area contributed by atoms with Crippen LogP contribution in [0.4, 0.5) is 11.5 Å². The average Bonchev–Trinajstić information content (AvgIpc) is 2.82. The minimum atomic E-state index is 0.693. The fraction of sp³-hybridized carbons (Fsp3) is 0.154. The van der Waals surface area contributed by atoms with E-state index in [0.29, 0.717) is 5.82 Å². The van der Waals surface area contributed by atoms with Crippen LogP contribution in [-0.2, 0) is 13.1 Å². The van der Waals surface area contributed by atoms with E-state index in [1.165, 1.54) is 11.1 Å². The Morgan fingerprint density at radius 3 is 2.47 bits per heavy atom. The number of aromatic nitrogens is 1. The lowest BCUT2D eigenvalue weighted by molar-refractivity contribution is 0.878. The van der Waals surface area contributed by atoms with Crippen LogP contribution >= 0.6 is 0 Å². The molecule has 0 unspecified atom stereocenters. The van der Waals surface area contributed by atoms with E-state index >= 15 is 0 Å². The van der Waals surface area contributed by atoms with Gasteiger partial charge in [0, 0.05) is 31.0 Å². The number of nitrogen functional groups attached to an aromatic ring is 1. The number of hydrogen-bond acceptors (Lipinski definition) is 4. The second-order valence-electron chi connectivity index (χ2n) is 4.17. The van der Waals surface area contributed by atoms with Crippen LogP contribution in [0, 0.1) is 0 Å². The molecule has 17 heavy (non-hydrogen) atoms. The number of rotatable bonds is 2. The predicted molar refractivity (Wildman–Crippen MR) is 68.4 cm³/mol. The fourth-order valence-corrected chi connectivity index (χ4v) is 2.21. The van der Waals surface area contributed by atoms with E-state index in [1.807, 2.05) is 12.1 Å². The SMILES string of the molecule is NNc1cc(N2Cc3ccccc3C2)ccn1. The molecular formula is C13H14N4. The lowest BCUT2D eigenvalue weighted by Crippen LogP contribution is -2.15. The molecule has 0 aliphatic carbocycles. The molecule has 4 nitrogen and oxygen atoms in total. The summed E-state index contributed by atoms with van der Waals surface area (Å²) in [5, 5.41) is 0. The van der Waals surface area contributed by atoms with Crippen molar-refractivity contribution in [2.45, 2.75) is 13.1 Å². The van der Waals surface area contributed by atoms with Crippen molar-refractivity contribution in [2.24, 2.45) is 5.84 Å². The number of hydrogen-bond donors (Lipinski definition) is 2. The zero-order valence-corrected chi connectivity index (χ0v) is 9.43. The zero-order chi connectivity index (χ0) is 11.7. The van der Waals surface area contributed by atoms with E-state index in [2.05, 4.69) is 39.6 Å². The van der Waals surface area contributed by atoms with Crippen molar-refractivity contribution in [3.63, 3.8) is 0 Å². The Kier molecular flexibility index (Phi) is 2.42. The molecule has 1 aromatic carbocycles. The molecule has 3 rings (SSSR count). The molecule has 2 heterocycles. The summed E-state index contributed by atoms with van der Waals surface area (Å²) in [6, 6.07) is 12.5. The van der Waals surface area contributed by atoms with Gasteiger partial charge >= 0.3 is 0 Å². The summed E-state index contributed by atoms with van der Waals surface area (Å²) in [4.78, 5) is 6.43.